The van der Waals surface area contributed by atoms with Gasteiger partial charge in [0, 0.05) is 7.11 Å². The largest absolute Gasteiger partial charge is 0.481 e. The fourth-order valence-corrected chi connectivity index (χ4v) is 2.45. The van der Waals surface area contributed by atoms with Gasteiger partial charge in [0.25, 0.3) is 0 Å². The summed E-state index contributed by atoms with van der Waals surface area (Å²) >= 11 is 0. The Bertz CT molecular complexity index is 249. The van der Waals surface area contributed by atoms with Gasteiger partial charge in [-0.2, -0.15) is 4.31 Å². The highest BCUT2D eigenvalue weighted by atomic mass is 31.3. The second-order valence-electron chi connectivity index (χ2n) is 2.36. The molecule has 0 bridgehead atoms. The molecule has 0 radical (unpaired) electrons. The molecule has 0 aromatic carbocycles. The lowest BCUT2D eigenvalue weighted by Crippen LogP contribution is -2.02. The quantitative estimate of drug-likeness (QED) is 0.690. The van der Waals surface area contributed by atoms with Crippen LogP contribution < -0.4 is 0 Å². The van der Waals surface area contributed by atoms with Gasteiger partial charge in [0.2, 0.25) is 0 Å². The van der Waals surface area contributed by atoms with Crippen molar-refractivity contribution >= 4 is 15.6 Å². The van der Waals surface area contributed by atoms with Crippen LogP contribution in [0.2, 0.25) is 0 Å². The Morgan fingerprint density at radius 1 is 1.15 bits per heavy atom. The molecule has 0 spiro atoms. The second kappa shape index (κ2) is 4.66. The van der Waals surface area contributed by atoms with Gasteiger partial charge in [-0.3, -0.25) is 9.05 Å². The number of rotatable bonds is 5. The monoisotopic (exact) mass is 234 g/mol. The fourth-order valence-electron chi connectivity index (χ4n) is 0.449. The lowest BCUT2D eigenvalue weighted by atomic mass is 10.5. The third-order valence-electron chi connectivity index (χ3n) is 0.781. The second-order valence-corrected chi connectivity index (χ2v) is 5.46. The molecule has 2 atom stereocenters. The molecule has 9 heteroatoms. The molecular weight excluding hydrogens is 222 g/mol. The van der Waals surface area contributed by atoms with Crippen molar-refractivity contribution in [1.82, 2.24) is 0 Å². The molecule has 0 aromatic heterocycles. The number of phosphoric ester groups is 2. The normalized spacial score (nSPS) is 21.1. The van der Waals surface area contributed by atoms with E-state index in [1.165, 1.54) is 13.8 Å². The van der Waals surface area contributed by atoms with E-state index < -0.39 is 21.7 Å². The van der Waals surface area contributed by atoms with E-state index in [1.54, 1.807) is 0 Å². The van der Waals surface area contributed by atoms with Gasteiger partial charge in [-0.25, -0.2) is 9.13 Å². The molecule has 0 saturated heterocycles. The molecule has 13 heavy (non-hydrogen) atoms. The molecule has 0 aliphatic carbocycles. The molecule has 2 N–H and O–H groups in total. The summed E-state index contributed by atoms with van der Waals surface area (Å²) in [5.74, 6) is 0. The summed E-state index contributed by atoms with van der Waals surface area (Å²) in [6.45, 7) is 2.95. The van der Waals surface area contributed by atoms with Gasteiger partial charge in [0.15, 0.2) is 0 Å². The maximum atomic E-state index is 10.9. The average molecular weight is 234 g/mol. The highest BCUT2D eigenvalue weighted by Gasteiger charge is 2.34. The van der Waals surface area contributed by atoms with Crippen LogP contribution in [0.1, 0.15) is 13.8 Å². The van der Waals surface area contributed by atoms with Crippen LogP contribution in [0.15, 0.2) is 0 Å². The van der Waals surface area contributed by atoms with E-state index in [2.05, 4.69) is 13.4 Å². The van der Waals surface area contributed by atoms with Gasteiger partial charge in [-0.05, 0) is 13.8 Å². The minimum absolute atomic E-state index is 0.604. The number of hydrogen-bond donors (Lipinski definition) is 2. The van der Waals surface area contributed by atoms with Gasteiger partial charge in [0.1, 0.15) is 0 Å². The predicted octanol–water partition coefficient (Wildman–Crippen LogP) is 1.28. The lowest BCUT2D eigenvalue weighted by molar-refractivity contribution is 0.141. The number of hydrogen-bond acceptors (Lipinski definition) is 5. The summed E-state index contributed by atoms with van der Waals surface area (Å²) in [4.78, 5) is 17.5. The minimum Gasteiger partial charge on any atom is -0.302 e. The van der Waals surface area contributed by atoms with E-state index in [0.717, 1.165) is 7.11 Å². The first kappa shape index (κ1) is 13.3. The van der Waals surface area contributed by atoms with Gasteiger partial charge < -0.3 is 9.79 Å². The van der Waals surface area contributed by atoms with Crippen LogP contribution in [0.4, 0.5) is 0 Å². The van der Waals surface area contributed by atoms with E-state index in [-0.39, 0.29) is 0 Å². The third-order valence-corrected chi connectivity index (χ3v) is 3.58. The molecule has 0 amide bonds. The highest BCUT2D eigenvalue weighted by molar-refractivity contribution is 7.61. The summed E-state index contributed by atoms with van der Waals surface area (Å²) in [6, 6.07) is 0. The van der Waals surface area contributed by atoms with Crippen LogP contribution in [0, 0.1) is 0 Å². The van der Waals surface area contributed by atoms with Crippen LogP contribution in [-0.2, 0) is 22.5 Å². The molecule has 0 fully saturated rings. The van der Waals surface area contributed by atoms with Gasteiger partial charge >= 0.3 is 15.6 Å². The van der Waals surface area contributed by atoms with Gasteiger partial charge in [-0.15, -0.1) is 0 Å². The van der Waals surface area contributed by atoms with Crippen molar-refractivity contribution < 1.29 is 32.3 Å². The SMILES string of the molecule is COP(=O)(O)OP(=O)(O)OC(C)C. The standard InChI is InChI=1S/C4H12O7P2/c1-4(2)10-13(7,8)11-12(5,6)9-3/h4H,1-3H3,(H,5,6)(H,7,8). The molecule has 80 valence electrons. The van der Waals surface area contributed by atoms with E-state index in [1.807, 2.05) is 0 Å². The lowest BCUT2D eigenvalue weighted by Gasteiger charge is -2.15. The van der Waals surface area contributed by atoms with Gasteiger partial charge in [-0.1, -0.05) is 0 Å². The van der Waals surface area contributed by atoms with Crippen LogP contribution in [0.3, 0.4) is 0 Å². The zero-order valence-electron chi connectivity index (χ0n) is 7.41. The molecule has 0 aliphatic rings. The summed E-state index contributed by atoms with van der Waals surface area (Å²) in [5, 5.41) is 0. The van der Waals surface area contributed by atoms with Crippen LogP contribution in [0.5, 0.6) is 0 Å². The van der Waals surface area contributed by atoms with Crippen molar-refractivity contribution in [1.29, 1.82) is 0 Å². The van der Waals surface area contributed by atoms with Crippen molar-refractivity contribution in [3.8, 4) is 0 Å². The molecule has 0 heterocycles. The first-order chi connectivity index (χ1) is 5.68. The Morgan fingerprint density at radius 2 is 1.62 bits per heavy atom. The topological polar surface area (TPSA) is 102 Å². The Hall–Kier alpha value is 0.260. The van der Waals surface area contributed by atoms with E-state index in [4.69, 9.17) is 9.79 Å². The predicted molar refractivity (Wildman–Crippen MR) is 44.0 cm³/mol. The van der Waals surface area contributed by atoms with Crippen molar-refractivity contribution in [2.24, 2.45) is 0 Å². The van der Waals surface area contributed by atoms with Crippen LogP contribution in [0.25, 0.3) is 0 Å². The maximum Gasteiger partial charge on any atom is 0.481 e. The maximum absolute atomic E-state index is 10.9. The smallest absolute Gasteiger partial charge is 0.302 e. The summed E-state index contributed by atoms with van der Waals surface area (Å²) in [5.41, 5.74) is 0. The molecule has 7 nitrogen and oxygen atoms in total. The van der Waals surface area contributed by atoms with Gasteiger partial charge in [0.05, 0.1) is 6.10 Å². The minimum atomic E-state index is -4.52. The van der Waals surface area contributed by atoms with Crippen LogP contribution in [-0.4, -0.2) is 23.0 Å². The zero-order chi connectivity index (χ0) is 10.7. The summed E-state index contributed by atoms with van der Waals surface area (Å²) in [7, 11) is -8.14. The first-order valence-electron chi connectivity index (χ1n) is 3.29. The van der Waals surface area contributed by atoms with E-state index in [0.29, 0.717) is 0 Å². The molecule has 0 rings (SSSR count). The van der Waals surface area contributed by atoms with Crippen LogP contribution >= 0.6 is 15.6 Å². The van der Waals surface area contributed by atoms with E-state index >= 15 is 0 Å². The number of phosphoric acid groups is 2. The Labute approximate surface area is 75.9 Å². The molecule has 0 aliphatic heterocycles. The van der Waals surface area contributed by atoms with Crippen molar-refractivity contribution in [2.75, 3.05) is 7.11 Å². The molecule has 0 saturated carbocycles. The molecule has 2 unspecified atom stereocenters. The Morgan fingerprint density at radius 3 is 1.92 bits per heavy atom. The third kappa shape index (κ3) is 6.35. The Kier molecular flexibility index (Phi) is 4.76. The molecular formula is C4H12O7P2. The molecule has 0 aromatic rings. The van der Waals surface area contributed by atoms with Crippen molar-refractivity contribution in [3.05, 3.63) is 0 Å². The van der Waals surface area contributed by atoms with Crippen molar-refractivity contribution in [3.63, 3.8) is 0 Å². The fraction of sp³-hybridized carbons (Fsp3) is 1.00. The zero-order valence-corrected chi connectivity index (χ0v) is 9.20. The highest BCUT2D eigenvalue weighted by Crippen LogP contribution is 2.60. The van der Waals surface area contributed by atoms with E-state index in [9.17, 15) is 9.13 Å². The summed E-state index contributed by atoms with van der Waals surface area (Å²) in [6.07, 6.45) is -0.604. The average Bonchev–Trinajstić information content (AvgIpc) is 1.81. The van der Waals surface area contributed by atoms with Crippen molar-refractivity contribution in [2.45, 2.75) is 20.0 Å². The summed E-state index contributed by atoms with van der Waals surface area (Å²) < 4.78 is 33.7. The Balaban J connectivity index is 4.34. The first-order valence-corrected chi connectivity index (χ1v) is 6.28.